The third-order valence-corrected chi connectivity index (χ3v) is 4.58. The van der Waals surface area contributed by atoms with E-state index in [0.29, 0.717) is 12.0 Å². The normalized spacial score (nSPS) is 39.9. The van der Waals surface area contributed by atoms with E-state index in [1.54, 1.807) is 37.3 Å². The molecule has 3 heteroatoms. The van der Waals surface area contributed by atoms with E-state index in [4.69, 9.17) is 16.7 Å². The van der Waals surface area contributed by atoms with Crippen LogP contribution in [-0.2, 0) is 9.53 Å². The van der Waals surface area contributed by atoms with Gasteiger partial charge in [-0.3, -0.25) is 0 Å². The molecule has 1 N–H and O–H groups in total. The van der Waals surface area contributed by atoms with Crippen LogP contribution in [0.15, 0.2) is 47.6 Å². The molecule has 126 valence electrons. The molecule has 2 aliphatic rings. The average Bonchev–Trinajstić information content (AvgIpc) is 3.24. The molecular weight excluding hydrogens is 288 g/mol. The third-order valence-electron chi connectivity index (χ3n) is 4.58. The first-order chi connectivity index (χ1) is 12.6. The Kier molecular flexibility index (Phi) is 3.15. The lowest BCUT2D eigenvalue weighted by atomic mass is 9.64. The van der Waals surface area contributed by atoms with Crippen molar-refractivity contribution in [3.8, 4) is 0 Å². The van der Waals surface area contributed by atoms with E-state index < -0.39 is 35.8 Å². The molecule has 1 aliphatic heterocycles. The van der Waals surface area contributed by atoms with Gasteiger partial charge in [0.25, 0.3) is 0 Å². The number of hydrogen-bond acceptors (Lipinski definition) is 2. The second-order valence-electron chi connectivity index (χ2n) is 6.91. The van der Waals surface area contributed by atoms with Gasteiger partial charge in [0.2, 0.25) is 0 Å². The van der Waals surface area contributed by atoms with Gasteiger partial charge in [0.05, 0.1) is 5.60 Å². The minimum Gasteiger partial charge on any atom is -0.478 e. The summed E-state index contributed by atoms with van der Waals surface area (Å²) in [5.74, 6) is -1.01. The molecule has 0 radical (unpaired) electrons. The van der Waals surface area contributed by atoms with E-state index in [9.17, 15) is 4.79 Å². The third kappa shape index (κ3) is 3.50. The van der Waals surface area contributed by atoms with E-state index in [2.05, 4.69) is 0 Å². The quantitative estimate of drug-likeness (QED) is 0.449. The van der Waals surface area contributed by atoms with Crippen molar-refractivity contribution in [1.29, 1.82) is 0 Å². The Labute approximate surface area is 146 Å². The van der Waals surface area contributed by atoms with E-state index in [0.717, 1.165) is 11.6 Å². The smallest absolute Gasteiger partial charge is 0.328 e. The number of aliphatic carboxylic acids is 1. The standard InChI is InChI=1S/C20H28O3/c1-15(8-6-9-16(2)14-17(21)22)10-13-20-18(3,4)11-7-12-19(20,5)23-20/h6,8-10,13-14H,7,11-12H2,1-5H3,(H,21,22)/b9-6+,13-10+,15-8+,16-14+/i5D3,12D2. The van der Waals surface area contributed by atoms with Gasteiger partial charge in [-0.05, 0) is 51.6 Å². The lowest BCUT2D eigenvalue weighted by Gasteiger charge is -2.36. The first-order valence-electron chi connectivity index (χ1n) is 10.3. The first kappa shape index (κ1) is 11.9. The molecule has 0 bridgehead atoms. The molecule has 1 saturated carbocycles. The van der Waals surface area contributed by atoms with Gasteiger partial charge < -0.3 is 9.84 Å². The molecule has 2 fully saturated rings. The predicted molar refractivity (Wildman–Crippen MR) is 93.3 cm³/mol. The van der Waals surface area contributed by atoms with E-state index >= 15 is 0 Å². The molecule has 0 aromatic rings. The van der Waals surface area contributed by atoms with Crippen LogP contribution in [-0.4, -0.2) is 22.3 Å². The predicted octanol–water partition coefficient (Wildman–Crippen LogP) is 4.81. The van der Waals surface area contributed by atoms with Gasteiger partial charge >= 0.3 is 5.97 Å². The summed E-state index contributed by atoms with van der Waals surface area (Å²) in [6.07, 6.45) is 8.39. The van der Waals surface area contributed by atoms with Crippen molar-refractivity contribution >= 4 is 5.97 Å². The first-order valence-corrected chi connectivity index (χ1v) is 7.78. The van der Waals surface area contributed by atoms with Crippen molar-refractivity contribution in [2.24, 2.45) is 5.41 Å². The molecule has 3 nitrogen and oxygen atoms in total. The van der Waals surface area contributed by atoms with Gasteiger partial charge in [0.15, 0.2) is 0 Å². The van der Waals surface area contributed by atoms with Gasteiger partial charge in [0, 0.05) is 18.3 Å². The maximum absolute atomic E-state index is 10.6. The number of carboxylic acid groups (broad SMARTS) is 1. The molecule has 0 amide bonds. The van der Waals surface area contributed by atoms with Crippen LogP contribution in [0.2, 0.25) is 0 Å². The molecule has 1 heterocycles. The number of ether oxygens (including phenoxy) is 1. The number of fused-ring (bicyclic) bond motifs is 1. The highest BCUT2D eigenvalue weighted by Gasteiger charge is 2.73. The Bertz CT molecular complexity index is 773. The maximum Gasteiger partial charge on any atom is 0.328 e. The maximum atomic E-state index is 10.6. The number of carboxylic acids is 1. The lowest BCUT2D eigenvalue weighted by Crippen LogP contribution is -2.41. The molecule has 0 aromatic carbocycles. The second kappa shape index (κ2) is 6.12. The highest BCUT2D eigenvalue weighted by molar-refractivity contribution is 5.81. The van der Waals surface area contributed by atoms with Crippen LogP contribution in [0, 0.1) is 5.41 Å². The van der Waals surface area contributed by atoms with Crippen LogP contribution in [0.25, 0.3) is 0 Å². The SMILES string of the molecule is [2H]C([2H])([2H])C12OC1(/C=C/C(C)=C/C=C/C(C)=C/C(=O)O)C(C)(C)CCC2([2H])[2H]. The Morgan fingerprint density at radius 1 is 1.30 bits per heavy atom. The summed E-state index contributed by atoms with van der Waals surface area (Å²) in [5, 5.41) is 8.71. The molecule has 2 atom stereocenters. The van der Waals surface area contributed by atoms with Crippen LogP contribution in [0.3, 0.4) is 0 Å². The zero-order chi connectivity index (χ0) is 21.6. The van der Waals surface area contributed by atoms with Crippen molar-refractivity contribution in [2.45, 2.75) is 65.0 Å². The summed E-state index contributed by atoms with van der Waals surface area (Å²) in [5.41, 5.74) is -2.17. The number of carbonyl (C=O) groups is 1. The lowest BCUT2D eigenvalue weighted by molar-refractivity contribution is -0.131. The Hall–Kier alpha value is -1.61. The Morgan fingerprint density at radius 3 is 2.70 bits per heavy atom. The summed E-state index contributed by atoms with van der Waals surface area (Å²) in [7, 11) is 0. The summed E-state index contributed by atoms with van der Waals surface area (Å²) in [4.78, 5) is 10.6. The van der Waals surface area contributed by atoms with E-state index in [1.807, 2.05) is 20.8 Å². The average molecular weight is 321 g/mol. The summed E-state index contributed by atoms with van der Waals surface area (Å²) >= 11 is 0. The van der Waals surface area contributed by atoms with Crippen molar-refractivity contribution in [3.63, 3.8) is 0 Å². The van der Waals surface area contributed by atoms with Gasteiger partial charge in [-0.1, -0.05) is 43.7 Å². The van der Waals surface area contributed by atoms with Crippen LogP contribution < -0.4 is 0 Å². The second-order valence-corrected chi connectivity index (χ2v) is 6.91. The van der Waals surface area contributed by atoms with Crippen LogP contribution in [0.4, 0.5) is 0 Å². The highest BCUT2D eigenvalue weighted by Crippen LogP contribution is 2.66. The van der Waals surface area contributed by atoms with Gasteiger partial charge in [-0.15, -0.1) is 0 Å². The Morgan fingerprint density at radius 2 is 2.04 bits per heavy atom. The molecular formula is C20H28O3. The zero-order valence-electron chi connectivity index (χ0n) is 19.1. The number of allylic oxidation sites excluding steroid dienone is 6. The molecule has 0 spiro atoms. The van der Waals surface area contributed by atoms with Crippen LogP contribution >= 0.6 is 0 Å². The molecule has 1 saturated heterocycles. The summed E-state index contributed by atoms with van der Waals surface area (Å²) in [6, 6.07) is 0. The van der Waals surface area contributed by atoms with Gasteiger partial charge in [0.1, 0.15) is 5.60 Å². The fourth-order valence-electron chi connectivity index (χ4n) is 3.01. The summed E-state index contributed by atoms with van der Waals surface area (Å²) in [6.45, 7) is 4.75. The van der Waals surface area contributed by atoms with Crippen molar-refractivity contribution in [3.05, 3.63) is 47.6 Å². The zero-order valence-corrected chi connectivity index (χ0v) is 14.1. The van der Waals surface area contributed by atoms with Gasteiger partial charge in [-0.25, -0.2) is 4.79 Å². The van der Waals surface area contributed by atoms with Crippen LogP contribution in [0.1, 0.15) is 60.6 Å². The van der Waals surface area contributed by atoms with E-state index in [1.165, 1.54) is 0 Å². The monoisotopic (exact) mass is 321 g/mol. The molecule has 2 unspecified atom stereocenters. The molecule has 2 rings (SSSR count). The number of rotatable bonds is 5. The molecule has 0 aromatic heterocycles. The highest BCUT2D eigenvalue weighted by atomic mass is 16.6. The fraction of sp³-hybridized carbons (Fsp3) is 0.550. The molecule has 1 aliphatic carbocycles. The minimum atomic E-state index is -2.59. The van der Waals surface area contributed by atoms with Crippen LogP contribution in [0.5, 0.6) is 0 Å². The van der Waals surface area contributed by atoms with Gasteiger partial charge in [-0.2, -0.15) is 0 Å². The van der Waals surface area contributed by atoms with Crippen molar-refractivity contribution < 1.29 is 21.5 Å². The number of epoxide rings is 1. The van der Waals surface area contributed by atoms with Crippen molar-refractivity contribution in [1.82, 2.24) is 0 Å². The van der Waals surface area contributed by atoms with E-state index in [-0.39, 0.29) is 6.42 Å². The summed E-state index contributed by atoms with van der Waals surface area (Å²) < 4.78 is 46.5. The number of hydrogen-bond donors (Lipinski definition) is 1. The largest absolute Gasteiger partial charge is 0.478 e. The molecule has 23 heavy (non-hydrogen) atoms. The fourth-order valence-corrected chi connectivity index (χ4v) is 3.01. The Balaban J connectivity index is 2.33. The van der Waals surface area contributed by atoms with Crippen molar-refractivity contribution in [2.75, 3.05) is 0 Å². The topological polar surface area (TPSA) is 49.8 Å². The minimum absolute atomic E-state index is 0.140.